The zero-order chi connectivity index (χ0) is 14.8. The number of nitrogens with zero attached hydrogens (tertiary/aromatic N) is 1. The largest absolute Gasteiger partial charge is 0.405 e. The Labute approximate surface area is 109 Å². The van der Waals surface area contributed by atoms with Crippen molar-refractivity contribution in [1.82, 2.24) is 5.32 Å². The predicted octanol–water partition coefficient (Wildman–Crippen LogP) is 2.12. The fourth-order valence-corrected chi connectivity index (χ4v) is 1.38. The molecule has 1 aromatic carbocycles. The normalized spacial score (nSPS) is 11.2. The Hall–Kier alpha value is -2.03. The molecule has 0 spiro atoms. The number of carbonyl (C=O) groups is 1. The van der Waals surface area contributed by atoms with E-state index in [9.17, 15) is 28.1 Å². The molecule has 0 aliphatic rings. The zero-order valence-corrected chi connectivity index (χ0v) is 9.88. The Balaban J connectivity index is 3.02. The van der Waals surface area contributed by atoms with Crippen LogP contribution in [0.4, 0.5) is 24.5 Å². The predicted molar refractivity (Wildman–Crippen MR) is 60.9 cm³/mol. The van der Waals surface area contributed by atoms with Crippen LogP contribution in [0.2, 0.25) is 5.02 Å². The van der Waals surface area contributed by atoms with Gasteiger partial charge in [-0.25, -0.2) is 0 Å². The van der Waals surface area contributed by atoms with Gasteiger partial charge in [0.15, 0.2) is 0 Å². The number of hydrogen-bond acceptors (Lipinski definition) is 4. The van der Waals surface area contributed by atoms with E-state index in [0.717, 1.165) is 12.1 Å². The molecule has 0 atom stereocenters. The van der Waals surface area contributed by atoms with E-state index in [2.05, 4.69) is 0 Å². The Morgan fingerprint density at radius 1 is 1.47 bits per heavy atom. The number of nitrogens with one attached hydrogen (secondary N) is 1. The van der Waals surface area contributed by atoms with Gasteiger partial charge in [-0.3, -0.25) is 14.9 Å². The SMILES string of the molecule is Nc1c(Cl)cc(C(=O)NCC(F)(F)F)cc1[N+](=O)[O-]. The number of carbonyl (C=O) groups excluding carboxylic acids is 1. The van der Waals surface area contributed by atoms with E-state index in [1.807, 2.05) is 0 Å². The van der Waals surface area contributed by atoms with Gasteiger partial charge in [-0.05, 0) is 6.07 Å². The van der Waals surface area contributed by atoms with Crippen LogP contribution in [0.1, 0.15) is 10.4 Å². The summed E-state index contributed by atoms with van der Waals surface area (Å²) in [7, 11) is 0. The van der Waals surface area contributed by atoms with Crippen molar-refractivity contribution in [2.75, 3.05) is 12.3 Å². The second kappa shape index (κ2) is 5.31. The minimum absolute atomic E-state index is 0.286. The van der Waals surface area contributed by atoms with Crippen molar-refractivity contribution in [3.05, 3.63) is 32.8 Å². The number of nitrogens with two attached hydrogens (primary N) is 1. The summed E-state index contributed by atoms with van der Waals surface area (Å²) >= 11 is 5.57. The molecule has 0 aliphatic heterocycles. The van der Waals surface area contributed by atoms with E-state index in [1.165, 1.54) is 0 Å². The molecule has 0 aromatic heterocycles. The molecule has 10 heteroatoms. The van der Waals surface area contributed by atoms with Crippen LogP contribution >= 0.6 is 11.6 Å². The van der Waals surface area contributed by atoms with Gasteiger partial charge in [-0.2, -0.15) is 13.2 Å². The van der Waals surface area contributed by atoms with Gasteiger partial charge < -0.3 is 11.1 Å². The van der Waals surface area contributed by atoms with Crippen LogP contribution in [0, 0.1) is 10.1 Å². The lowest BCUT2D eigenvalue weighted by atomic mass is 10.1. The molecule has 19 heavy (non-hydrogen) atoms. The summed E-state index contributed by atoms with van der Waals surface area (Å²) in [4.78, 5) is 21.1. The van der Waals surface area contributed by atoms with Gasteiger partial charge in [0.25, 0.3) is 11.6 Å². The molecule has 1 amide bonds. The molecule has 0 fully saturated rings. The van der Waals surface area contributed by atoms with Gasteiger partial charge in [0.1, 0.15) is 12.2 Å². The highest BCUT2D eigenvalue weighted by Gasteiger charge is 2.28. The lowest BCUT2D eigenvalue weighted by Crippen LogP contribution is -2.33. The Morgan fingerprint density at radius 3 is 2.53 bits per heavy atom. The first-order valence-corrected chi connectivity index (χ1v) is 5.08. The number of amides is 1. The van der Waals surface area contributed by atoms with Crippen molar-refractivity contribution in [2.24, 2.45) is 0 Å². The number of anilines is 1. The molecule has 1 aromatic rings. The smallest absolute Gasteiger partial charge is 0.392 e. The van der Waals surface area contributed by atoms with E-state index >= 15 is 0 Å². The number of halogens is 4. The van der Waals surface area contributed by atoms with Crippen LogP contribution in [0.5, 0.6) is 0 Å². The highest BCUT2D eigenvalue weighted by molar-refractivity contribution is 6.34. The average molecular weight is 298 g/mol. The van der Waals surface area contributed by atoms with Crippen molar-refractivity contribution in [1.29, 1.82) is 0 Å². The summed E-state index contributed by atoms with van der Waals surface area (Å²) in [5, 5.41) is 11.9. The number of benzene rings is 1. The summed E-state index contributed by atoms with van der Waals surface area (Å²) in [6.45, 7) is -1.55. The van der Waals surface area contributed by atoms with Crippen molar-refractivity contribution < 1.29 is 22.9 Å². The molecular weight excluding hydrogens is 291 g/mol. The molecule has 6 nitrogen and oxygen atoms in total. The Morgan fingerprint density at radius 2 is 2.05 bits per heavy atom. The van der Waals surface area contributed by atoms with E-state index in [4.69, 9.17) is 17.3 Å². The molecule has 0 saturated carbocycles. The molecule has 1 rings (SSSR count). The molecule has 3 N–H and O–H groups in total. The van der Waals surface area contributed by atoms with Crippen molar-refractivity contribution in [3.8, 4) is 0 Å². The van der Waals surface area contributed by atoms with Crippen molar-refractivity contribution in [3.63, 3.8) is 0 Å². The molecule has 0 bridgehead atoms. The zero-order valence-electron chi connectivity index (χ0n) is 9.12. The Bertz CT molecular complexity index is 533. The van der Waals surface area contributed by atoms with Gasteiger partial charge in [0.2, 0.25) is 0 Å². The standard InChI is InChI=1S/C9H7ClF3N3O3/c10-5-1-4(2-6(7(5)14)16(18)19)8(17)15-3-9(11,12)13/h1-2H,3,14H2,(H,15,17). The fraction of sp³-hybridized carbons (Fsp3) is 0.222. The second-order valence-electron chi connectivity index (χ2n) is 3.45. The molecule has 0 heterocycles. The van der Waals surface area contributed by atoms with Gasteiger partial charge in [-0.15, -0.1) is 0 Å². The molecule has 0 radical (unpaired) electrons. The van der Waals surface area contributed by atoms with Crippen LogP contribution in [-0.2, 0) is 0 Å². The Kier molecular flexibility index (Phi) is 4.20. The maximum atomic E-state index is 11.9. The summed E-state index contributed by atoms with van der Waals surface area (Å²) < 4.78 is 35.7. The number of nitro groups is 1. The first-order chi connectivity index (χ1) is 8.61. The van der Waals surface area contributed by atoms with Crippen LogP contribution in [0.15, 0.2) is 12.1 Å². The number of hydrogen-bond donors (Lipinski definition) is 2. The van der Waals surface area contributed by atoms with Crippen LogP contribution in [-0.4, -0.2) is 23.6 Å². The van der Waals surface area contributed by atoms with Crippen LogP contribution < -0.4 is 11.1 Å². The summed E-state index contributed by atoms with van der Waals surface area (Å²) in [6.07, 6.45) is -4.58. The third-order valence-electron chi connectivity index (χ3n) is 2.02. The third kappa shape index (κ3) is 3.98. The molecule has 0 saturated heterocycles. The molecular formula is C9H7ClF3N3O3. The van der Waals surface area contributed by atoms with Gasteiger partial charge >= 0.3 is 6.18 Å². The third-order valence-corrected chi connectivity index (χ3v) is 2.33. The first-order valence-electron chi connectivity index (χ1n) is 4.70. The average Bonchev–Trinajstić information content (AvgIpc) is 2.28. The summed E-state index contributed by atoms with van der Waals surface area (Å²) in [6, 6.07) is 1.71. The number of alkyl halides is 3. The minimum Gasteiger partial charge on any atom is -0.392 e. The molecule has 0 unspecified atom stereocenters. The van der Waals surface area contributed by atoms with Crippen molar-refractivity contribution in [2.45, 2.75) is 6.18 Å². The van der Waals surface area contributed by atoms with Gasteiger partial charge in [-0.1, -0.05) is 11.6 Å². The van der Waals surface area contributed by atoms with E-state index < -0.39 is 29.2 Å². The fourth-order valence-electron chi connectivity index (χ4n) is 1.17. The molecule has 0 aliphatic carbocycles. The summed E-state index contributed by atoms with van der Waals surface area (Å²) in [5.41, 5.74) is 3.92. The maximum Gasteiger partial charge on any atom is 0.405 e. The highest BCUT2D eigenvalue weighted by atomic mass is 35.5. The lowest BCUT2D eigenvalue weighted by Gasteiger charge is -2.09. The number of nitro benzene ring substituents is 1. The number of nitrogen functional groups attached to an aromatic ring is 1. The van der Waals surface area contributed by atoms with Crippen LogP contribution in [0.25, 0.3) is 0 Å². The lowest BCUT2D eigenvalue weighted by molar-refractivity contribution is -0.383. The monoisotopic (exact) mass is 297 g/mol. The minimum atomic E-state index is -4.58. The number of rotatable bonds is 3. The van der Waals surface area contributed by atoms with Gasteiger partial charge in [0, 0.05) is 11.6 Å². The van der Waals surface area contributed by atoms with E-state index in [0.29, 0.717) is 0 Å². The highest BCUT2D eigenvalue weighted by Crippen LogP contribution is 2.30. The van der Waals surface area contributed by atoms with Gasteiger partial charge in [0.05, 0.1) is 9.95 Å². The van der Waals surface area contributed by atoms with E-state index in [1.54, 1.807) is 5.32 Å². The van der Waals surface area contributed by atoms with E-state index in [-0.39, 0.29) is 16.3 Å². The summed E-state index contributed by atoms with van der Waals surface area (Å²) in [5.74, 6) is -1.14. The molecule has 104 valence electrons. The van der Waals surface area contributed by atoms with Crippen LogP contribution in [0.3, 0.4) is 0 Å². The maximum absolute atomic E-state index is 11.9. The topological polar surface area (TPSA) is 98.3 Å². The second-order valence-corrected chi connectivity index (χ2v) is 3.85. The first kappa shape index (κ1) is 15.0. The quantitative estimate of drug-likeness (QED) is 0.507. The van der Waals surface area contributed by atoms with Crippen molar-refractivity contribution >= 4 is 28.9 Å².